The highest BCUT2D eigenvalue weighted by molar-refractivity contribution is 5.86. The van der Waals surface area contributed by atoms with Crippen molar-refractivity contribution in [2.75, 3.05) is 13.7 Å². The fourth-order valence-electron chi connectivity index (χ4n) is 9.51. The van der Waals surface area contributed by atoms with Crippen LogP contribution in [-0.4, -0.2) is 41.8 Å². The third-order valence-corrected chi connectivity index (χ3v) is 11.8. The maximum Gasteiger partial charge on any atom is 0.309 e. The van der Waals surface area contributed by atoms with Gasteiger partial charge in [-0.3, -0.25) is 9.59 Å². The summed E-state index contributed by atoms with van der Waals surface area (Å²) in [5, 5.41) is 21.9. The molecular weight excluding hydrogens is 452 g/mol. The van der Waals surface area contributed by atoms with Crippen LogP contribution in [0.25, 0.3) is 0 Å². The minimum absolute atomic E-state index is 0.0476. The first kappa shape index (κ1) is 27.6. The van der Waals surface area contributed by atoms with Gasteiger partial charge in [-0.1, -0.05) is 51.0 Å². The second kappa shape index (κ2) is 9.38. The van der Waals surface area contributed by atoms with E-state index in [0.717, 1.165) is 32.1 Å². The number of fused-ring (bicyclic) bond motifs is 5. The molecule has 0 unspecified atom stereocenters. The molecule has 0 aliphatic heterocycles. The zero-order valence-corrected chi connectivity index (χ0v) is 23.5. The number of hydrogen-bond acceptors (Lipinski definition) is 5. The van der Waals surface area contributed by atoms with Gasteiger partial charge >= 0.3 is 5.97 Å². The summed E-state index contributed by atoms with van der Waals surface area (Å²) in [6.07, 6.45) is 10.2. The fourth-order valence-corrected chi connectivity index (χ4v) is 9.51. The summed E-state index contributed by atoms with van der Waals surface area (Å²) in [6, 6.07) is 0. The van der Waals surface area contributed by atoms with Gasteiger partial charge in [0.25, 0.3) is 0 Å². The third-order valence-electron chi connectivity index (χ3n) is 11.8. The molecular formula is C31H48O5. The maximum absolute atomic E-state index is 13.1. The maximum atomic E-state index is 13.1. The number of aliphatic hydroxyl groups is 2. The van der Waals surface area contributed by atoms with Gasteiger partial charge in [0.2, 0.25) is 0 Å². The summed E-state index contributed by atoms with van der Waals surface area (Å²) >= 11 is 0. The lowest BCUT2D eigenvalue weighted by Gasteiger charge is -2.63. The summed E-state index contributed by atoms with van der Waals surface area (Å²) < 4.78 is 5.29. The van der Waals surface area contributed by atoms with Gasteiger partial charge in [0.15, 0.2) is 0 Å². The standard InChI is InChI=1S/C31H48O5/c1-19(2)9-8-10-20(27(35)36-7)26-23(33)17-31(6)22-11-12-24-28(3,21(22)13-16-30(26,31)5)15-14-25(34)29(24,4)18-32/h9,11,20-21,23-24,26,32-33H,8,10,12-18H2,1-7H3/t20-,21-,23+,24-,26-,28-,29-,30+,31-/m1/s1. The molecule has 0 amide bonds. The van der Waals surface area contributed by atoms with Gasteiger partial charge in [0.1, 0.15) is 5.78 Å². The number of allylic oxidation sites excluding steroid dienone is 4. The second-order valence-electron chi connectivity index (χ2n) is 13.6. The SMILES string of the molecule is COC(=O)[C@H](CCC=C(C)C)[C@@H]1[C@@H](O)C[C@]2(C)C3=CC[C@@H]4[C@](C)(CCC(=O)[C@]4(C)CO)[C@@H]3CC[C@@]12C. The lowest BCUT2D eigenvalue weighted by molar-refractivity contribution is -0.156. The van der Waals surface area contributed by atoms with E-state index in [1.807, 2.05) is 6.92 Å². The number of esters is 1. The van der Waals surface area contributed by atoms with E-state index in [1.54, 1.807) is 0 Å². The van der Waals surface area contributed by atoms with E-state index in [1.165, 1.54) is 18.3 Å². The van der Waals surface area contributed by atoms with Crippen molar-refractivity contribution in [3.05, 3.63) is 23.3 Å². The molecule has 0 aromatic heterocycles. The van der Waals surface area contributed by atoms with Crippen LogP contribution in [0.15, 0.2) is 23.3 Å². The number of ketones is 1. The van der Waals surface area contributed by atoms with Gasteiger partial charge in [-0.25, -0.2) is 0 Å². The van der Waals surface area contributed by atoms with Gasteiger partial charge in [0.05, 0.1) is 31.2 Å². The Hall–Kier alpha value is -1.46. The summed E-state index contributed by atoms with van der Waals surface area (Å²) in [6.45, 7) is 13.0. The number of Topliss-reactive ketones (excluding diaryl/α,β-unsaturated/α-hetero) is 1. The van der Waals surface area contributed by atoms with Crippen molar-refractivity contribution >= 4 is 11.8 Å². The largest absolute Gasteiger partial charge is 0.469 e. The monoisotopic (exact) mass is 500 g/mol. The van der Waals surface area contributed by atoms with E-state index in [-0.39, 0.29) is 52.4 Å². The molecule has 9 atom stereocenters. The summed E-state index contributed by atoms with van der Waals surface area (Å²) in [5.74, 6) is -0.0220. The Morgan fingerprint density at radius 1 is 1.22 bits per heavy atom. The van der Waals surface area contributed by atoms with E-state index in [2.05, 4.69) is 46.8 Å². The molecule has 0 aromatic rings. The van der Waals surface area contributed by atoms with Gasteiger partial charge in [-0.15, -0.1) is 0 Å². The van der Waals surface area contributed by atoms with E-state index < -0.39 is 11.5 Å². The minimum Gasteiger partial charge on any atom is -0.469 e. The third kappa shape index (κ3) is 3.78. The van der Waals surface area contributed by atoms with E-state index in [9.17, 15) is 19.8 Å². The molecule has 3 fully saturated rings. The second-order valence-corrected chi connectivity index (χ2v) is 13.6. The van der Waals surface area contributed by atoms with Crippen LogP contribution < -0.4 is 0 Å². The Balaban J connectivity index is 1.73. The van der Waals surface area contributed by atoms with Gasteiger partial charge in [-0.05, 0) is 86.9 Å². The molecule has 5 nitrogen and oxygen atoms in total. The van der Waals surface area contributed by atoms with E-state index >= 15 is 0 Å². The molecule has 0 bridgehead atoms. The fraction of sp³-hybridized carbons (Fsp3) is 0.806. The Kier molecular flexibility index (Phi) is 7.18. The number of carbonyl (C=O) groups excluding carboxylic acids is 2. The zero-order chi connectivity index (χ0) is 26.7. The van der Waals surface area contributed by atoms with Crippen LogP contribution in [0.2, 0.25) is 0 Å². The van der Waals surface area contributed by atoms with Gasteiger partial charge < -0.3 is 14.9 Å². The molecule has 2 N–H and O–H groups in total. The normalized spacial score (nSPS) is 44.6. The van der Waals surface area contributed by atoms with Crippen LogP contribution >= 0.6 is 0 Å². The van der Waals surface area contributed by atoms with Crippen molar-refractivity contribution in [3.8, 4) is 0 Å². The predicted molar refractivity (Wildman–Crippen MR) is 141 cm³/mol. The lowest BCUT2D eigenvalue weighted by Crippen LogP contribution is -2.59. The molecule has 0 heterocycles. The topological polar surface area (TPSA) is 83.8 Å². The highest BCUT2D eigenvalue weighted by Gasteiger charge is 2.68. The van der Waals surface area contributed by atoms with Crippen molar-refractivity contribution in [1.29, 1.82) is 0 Å². The van der Waals surface area contributed by atoms with Crippen LogP contribution in [-0.2, 0) is 14.3 Å². The Morgan fingerprint density at radius 3 is 2.53 bits per heavy atom. The zero-order valence-electron chi connectivity index (χ0n) is 23.5. The van der Waals surface area contributed by atoms with Crippen molar-refractivity contribution in [3.63, 3.8) is 0 Å². The average molecular weight is 501 g/mol. The first-order chi connectivity index (χ1) is 16.8. The number of carbonyl (C=O) groups is 2. The van der Waals surface area contributed by atoms with Gasteiger partial charge in [0, 0.05) is 12.3 Å². The molecule has 4 rings (SSSR count). The molecule has 4 aliphatic carbocycles. The van der Waals surface area contributed by atoms with Crippen molar-refractivity contribution < 1.29 is 24.5 Å². The van der Waals surface area contributed by atoms with Crippen molar-refractivity contribution in [2.24, 2.45) is 45.3 Å². The molecule has 3 saturated carbocycles. The first-order valence-corrected chi connectivity index (χ1v) is 14.0. The molecule has 202 valence electrons. The van der Waals surface area contributed by atoms with Crippen LogP contribution in [0, 0.1) is 45.3 Å². The molecule has 0 spiro atoms. The molecule has 0 radical (unpaired) electrons. The van der Waals surface area contributed by atoms with Crippen molar-refractivity contribution in [1.82, 2.24) is 0 Å². The quantitative estimate of drug-likeness (QED) is 0.364. The summed E-state index contributed by atoms with van der Waals surface area (Å²) in [7, 11) is 1.46. The van der Waals surface area contributed by atoms with Crippen LogP contribution in [0.4, 0.5) is 0 Å². The summed E-state index contributed by atoms with van der Waals surface area (Å²) in [5.41, 5.74) is 1.50. The van der Waals surface area contributed by atoms with E-state index in [4.69, 9.17) is 4.74 Å². The summed E-state index contributed by atoms with van der Waals surface area (Å²) in [4.78, 5) is 26.0. The number of ether oxygens (including phenoxy) is 1. The molecule has 5 heteroatoms. The smallest absolute Gasteiger partial charge is 0.309 e. The first-order valence-electron chi connectivity index (χ1n) is 14.0. The lowest BCUT2D eigenvalue weighted by atomic mass is 9.41. The molecule has 36 heavy (non-hydrogen) atoms. The number of hydrogen-bond donors (Lipinski definition) is 2. The molecule has 0 aromatic carbocycles. The van der Waals surface area contributed by atoms with Crippen molar-refractivity contribution in [2.45, 2.75) is 99.0 Å². The number of rotatable bonds is 6. The Labute approximate surface area is 217 Å². The highest BCUT2D eigenvalue weighted by Crippen LogP contribution is 2.73. The van der Waals surface area contributed by atoms with Crippen LogP contribution in [0.3, 0.4) is 0 Å². The number of aliphatic hydroxyl groups excluding tert-OH is 2. The minimum atomic E-state index is -0.685. The highest BCUT2D eigenvalue weighted by atomic mass is 16.5. The van der Waals surface area contributed by atoms with Gasteiger partial charge in [-0.2, -0.15) is 0 Å². The molecule has 4 aliphatic rings. The Morgan fingerprint density at radius 2 is 1.92 bits per heavy atom. The number of methoxy groups -OCH3 is 1. The molecule has 0 saturated heterocycles. The van der Waals surface area contributed by atoms with E-state index in [0.29, 0.717) is 25.2 Å². The van der Waals surface area contributed by atoms with Crippen LogP contribution in [0.1, 0.15) is 92.9 Å². The van der Waals surface area contributed by atoms with Crippen LogP contribution in [0.5, 0.6) is 0 Å². The average Bonchev–Trinajstić information content (AvgIpc) is 3.04. The Bertz CT molecular complexity index is 962. The predicted octanol–water partition coefficient (Wildman–Crippen LogP) is 5.64.